The van der Waals surface area contributed by atoms with Gasteiger partial charge in [0.2, 0.25) is 0 Å². The van der Waals surface area contributed by atoms with E-state index in [1.165, 1.54) is 17.2 Å². The molecule has 1 rings (SSSR count). The minimum atomic E-state index is -1.19. The van der Waals surface area contributed by atoms with Crippen LogP contribution >= 0.6 is 0 Å². The second kappa shape index (κ2) is 6.50. The number of hydrogen-bond donors (Lipinski definition) is 1. The number of pyridine rings is 1. The first kappa shape index (κ1) is 14.6. The fourth-order valence-corrected chi connectivity index (χ4v) is 1.65. The van der Waals surface area contributed by atoms with Gasteiger partial charge in [-0.15, -0.1) is 0 Å². The molecule has 0 aliphatic carbocycles. The first-order chi connectivity index (χ1) is 9.01. The van der Waals surface area contributed by atoms with E-state index in [9.17, 15) is 9.59 Å². The van der Waals surface area contributed by atoms with Crippen molar-refractivity contribution >= 4 is 11.9 Å². The van der Waals surface area contributed by atoms with Gasteiger partial charge >= 0.3 is 5.97 Å². The molecule has 1 amide bonds. The molecule has 1 N–H and O–H groups in total. The smallest absolute Gasteiger partial charge is 0.338 e. The van der Waals surface area contributed by atoms with Crippen molar-refractivity contribution in [3.8, 4) is 6.07 Å². The Hall–Kier alpha value is -2.42. The third kappa shape index (κ3) is 3.52. The molecule has 0 fully saturated rings. The van der Waals surface area contributed by atoms with Crippen molar-refractivity contribution < 1.29 is 14.7 Å². The first-order valence-electron chi connectivity index (χ1n) is 5.87. The summed E-state index contributed by atoms with van der Waals surface area (Å²) in [5, 5.41) is 17.8. The minimum absolute atomic E-state index is 0.0921. The Labute approximate surface area is 111 Å². The number of aromatic carboxylic acids is 1. The maximum Gasteiger partial charge on any atom is 0.338 e. The molecule has 6 heteroatoms. The zero-order chi connectivity index (χ0) is 14.4. The normalized spacial score (nSPS) is 11.4. The summed E-state index contributed by atoms with van der Waals surface area (Å²) in [5.41, 5.74) is -0.0370. The quantitative estimate of drug-likeness (QED) is 0.864. The van der Waals surface area contributed by atoms with Gasteiger partial charge in [-0.2, -0.15) is 5.26 Å². The highest BCUT2D eigenvalue weighted by Gasteiger charge is 2.22. The van der Waals surface area contributed by atoms with Crippen molar-refractivity contribution in [1.29, 1.82) is 5.26 Å². The van der Waals surface area contributed by atoms with E-state index in [-0.39, 0.29) is 23.6 Å². The lowest BCUT2D eigenvalue weighted by molar-refractivity contribution is 0.0673. The Kier molecular flexibility index (Phi) is 5.01. The molecule has 100 valence electrons. The zero-order valence-corrected chi connectivity index (χ0v) is 10.8. The van der Waals surface area contributed by atoms with Gasteiger partial charge in [0.05, 0.1) is 23.1 Å². The van der Waals surface area contributed by atoms with E-state index in [0.717, 1.165) is 6.20 Å². The fourth-order valence-electron chi connectivity index (χ4n) is 1.65. The number of rotatable bonds is 5. The van der Waals surface area contributed by atoms with Crippen LogP contribution in [0.1, 0.15) is 34.6 Å². The molecule has 0 radical (unpaired) electrons. The van der Waals surface area contributed by atoms with Crippen LogP contribution < -0.4 is 0 Å². The standard InChI is InChI=1S/C13H15N3O3/c1-3-16(8-9(2)6-14)12(17)10-4-5-15-7-11(10)13(18)19/h4-5,7,9H,3,8H2,1-2H3,(H,18,19). The summed E-state index contributed by atoms with van der Waals surface area (Å²) in [6.07, 6.45) is 2.53. The summed E-state index contributed by atoms with van der Waals surface area (Å²) in [6, 6.07) is 3.43. The molecule has 1 aromatic heterocycles. The molecular weight excluding hydrogens is 246 g/mol. The molecule has 6 nitrogen and oxygen atoms in total. The largest absolute Gasteiger partial charge is 0.478 e. The van der Waals surface area contributed by atoms with Gasteiger partial charge in [-0.25, -0.2) is 4.79 Å². The van der Waals surface area contributed by atoms with Crippen LogP contribution in [0.3, 0.4) is 0 Å². The summed E-state index contributed by atoms with van der Waals surface area (Å²) >= 11 is 0. The highest BCUT2D eigenvalue weighted by molar-refractivity contribution is 6.04. The highest BCUT2D eigenvalue weighted by Crippen LogP contribution is 2.12. The fraction of sp³-hybridized carbons (Fsp3) is 0.385. The molecule has 0 aliphatic heterocycles. The van der Waals surface area contributed by atoms with Crippen molar-refractivity contribution in [3.05, 3.63) is 29.6 Å². The van der Waals surface area contributed by atoms with E-state index in [1.54, 1.807) is 13.8 Å². The van der Waals surface area contributed by atoms with Crippen molar-refractivity contribution in [1.82, 2.24) is 9.88 Å². The number of aromatic nitrogens is 1. The van der Waals surface area contributed by atoms with Crippen LogP contribution in [0.5, 0.6) is 0 Å². The molecule has 0 spiro atoms. The monoisotopic (exact) mass is 261 g/mol. The van der Waals surface area contributed by atoms with Crippen molar-refractivity contribution in [2.45, 2.75) is 13.8 Å². The molecule has 0 aliphatic rings. The topological polar surface area (TPSA) is 94.3 Å². The Morgan fingerprint density at radius 3 is 2.74 bits per heavy atom. The molecular formula is C13H15N3O3. The van der Waals surface area contributed by atoms with Gasteiger partial charge in [0.15, 0.2) is 0 Å². The molecule has 19 heavy (non-hydrogen) atoms. The lowest BCUT2D eigenvalue weighted by atomic mass is 10.1. The van der Waals surface area contributed by atoms with Crippen LogP contribution in [-0.4, -0.2) is 40.0 Å². The Bertz CT molecular complexity index is 522. The molecule has 1 heterocycles. The Balaban J connectivity index is 3.05. The van der Waals surface area contributed by atoms with Crippen molar-refractivity contribution in [2.24, 2.45) is 5.92 Å². The summed E-state index contributed by atoms with van der Waals surface area (Å²) in [5.74, 6) is -1.90. The third-order valence-electron chi connectivity index (χ3n) is 2.67. The number of hydrogen-bond acceptors (Lipinski definition) is 4. The number of nitrogens with zero attached hydrogens (tertiary/aromatic N) is 3. The molecule has 0 saturated heterocycles. The average Bonchev–Trinajstić information content (AvgIpc) is 2.43. The average molecular weight is 261 g/mol. The zero-order valence-electron chi connectivity index (χ0n) is 10.8. The molecule has 0 bridgehead atoms. The Morgan fingerprint density at radius 2 is 2.21 bits per heavy atom. The van der Waals surface area contributed by atoms with E-state index in [0.29, 0.717) is 6.54 Å². The summed E-state index contributed by atoms with van der Waals surface area (Å²) in [4.78, 5) is 28.5. The summed E-state index contributed by atoms with van der Waals surface area (Å²) < 4.78 is 0. The number of carbonyl (C=O) groups is 2. The SMILES string of the molecule is CCN(CC(C)C#N)C(=O)c1ccncc1C(=O)O. The molecule has 1 atom stereocenters. The van der Waals surface area contributed by atoms with Crippen LogP contribution in [0, 0.1) is 17.2 Å². The number of carboxylic acids is 1. The van der Waals surface area contributed by atoms with Crippen LogP contribution in [-0.2, 0) is 0 Å². The van der Waals surface area contributed by atoms with Crippen molar-refractivity contribution in [3.63, 3.8) is 0 Å². The maximum absolute atomic E-state index is 12.3. The van der Waals surface area contributed by atoms with E-state index < -0.39 is 11.9 Å². The van der Waals surface area contributed by atoms with E-state index >= 15 is 0 Å². The second-order valence-corrected chi connectivity index (χ2v) is 4.10. The lowest BCUT2D eigenvalue weighted by Gasteiger charge is -2.22. The molecule has 0 aromatic carbocycles. The molecule has 1 unspecified atom stereocenters. The van der Waals surface area contributed by atoms with Gasteiger partial charge in [-0.05, 0) is 19.9 Å². The van der Waals surface area contributed by atoms with Crippen LogP contribution in [0.2, 0.25) is 0 Å². The van der Waals surface area contributed by atoms with Crippen LogP contribution in [0.15, 0.2) is 18.5 Å². The number of nitriles is 1. The molecule has 1 aromatic rings. The van der Waals surface area contributed by atoms with Gasteiger partial charge in [0, 0.05) is 25.5 Å². The van der Waals surface area contributed by atoms with E-state index in [4.69, 9.17) is 10.4 Å². The van der Waals surface area contributed by atoms with Gasteiger partial charge in [-0.1, -0.05) is 0 Å². The van der Waals surface area contributed by atoms with Crippen LogP contribution in [0.25, 0.3) is 0 Å². The predicted octanol–water partition coefficient (Wildman–Crippen LogP) is 1.40. The summed E-state index contributed by atoms with van der Waals surface area (Å²) in [6.45, 7) is 4.17. The van der Waals surface area contributed by atoms with Crippen molar-refractivity contribution in [2.75, 3.05) is 13.1 Å². The van der Waals surface area contributed by atoms with E-state index in [2.05, 4.69) is 11.1 Å². The van der Waals surface area contributed by atoms with Gasteiger partial charge in [-0.3, -0.25) is 9.78 Å². The van der Waals surface area contributed by atoms with Gasteiger partial charge in [0.25, 0.3) is 5.91 Å². The minimum Gasteiger partial charge on any atom is -0.478 e. The highest BCUT2D eigenvalue weighted by atomic mass is 16.4. The maximum atomic E-state index is 12.3. The first-order valence-corrected chi connectivity index (χ1v) is 5.87. The molecule has 0 saturated carbocycles. The lowest BCUT2D eigenvalue weighted by Crippen LogP contribution is -2.35. The van der Waals surface area contributed by atoms with Gasteiger partial charge in [0.1, 0.15) is 0 Å². The third-order valence-corrected chi connectivity index (χ3v) is 2.67. The number of carboxylic acid groups (broad SMARTS) is 1. The number of amides is 1. The predicted molar refractivity (Wildman–Crippen MR) is 67.6 cm³/mol. The summed E-state index contributed by atoms with van der Waals surface area (Å²) in [7, 11) is 0. The second-order valence-electron chi connectivity index (χ2n) is 4.10. The van der Waals surface area contributed by atoms with Gasteiger partial charge < -0.3 is 10.0 Å². The number of carbonyl (C=O) groups excluding carboxylic acids is 1. The van der Waals surface area contributed by atoms with Crippen LogP contribution in [0.4, 0.5) is 0 Å². The Morgan fingerprint density at radius 1 is 1.53 bits per heavy atom. The van der Waals surface area contributed by atoms with E-state index in [1.807, 2.05) is 0 Å².